The molecular formula is C12H19F2NO2. The van der Waals surface area contributed by atoms with Gasteiger partial charge in [0.25, 0.3) is 11.9 Å². The molecule has 0 amide bonds. The van der Waals surface area contributed by atoms with Crippen molar-refractivity contribution in [3.8, 4) is 0 Å². The lowest BCUT2D eigenvalue weighted by atomic mass is 9.59. The number of aliphatic carboxylic acids is 1. The van der Waals surface area contributed by atoms with Crippen molar-refractivity contribution < 1.29 is 18.7 Å². The molecule has 98 valence electrons. The van der Waals surface area contributed by atoms with Crippen LogP contribution in [0.15, 0.2) is 0 Å². The Bertz CT molecular complexity index is 318. The van der Waals surface area contributed by atoms with E-state index in [1.807, 2.05) is 0 Å². The Balaban J connectivity index is 0.000000239. The fourth-order valence-corrected chi connectivity index (χ4v) is 4.22. The highest BCUT2D eigenvalue weighted by atomic mass is 19.3. The van der Waals surface area contributed by atoms with Gasteiger partial charge in [-0.1, -0.05) is 0 Å². The van der Waals surface area contributed by atoms with Crippen LogP contribution in [0.2, 0.25) is 0 Å². The number of halogens is 2. The van der Waals surface area contributed by atoms with Gasteiger partial charge >= 0.3 is 0 Å². The fraction of sp³-hybridized carbons (Fsp3) is 0.917. The van der Waals surface area contributed by atoms with E-state index in [9.17, 15) is 8.78 Å². The highest BCUT2D eigenvalue weighted by Gasteiger charge is 2.68. The second-order valence-corrected chi connectivity index (χ2v) is 5.47. The van der Waals surface area contributed by atoms with Crippen molar-refractivity contribution in [2.24, 2.45) is 35.3 Å². The Morgan fingerprint density at radius 2 is 2.00 bits per heavy atom. The average Bonchev–Trinajstić information content (AvgIpc) is 2.63. The third-order valence-corrected chi connectivity index (χ3v) is 4.69. The molecule has 0 bridgehead atoms. The van der Waals surface area contributed by atoms with Crippen LogP contribution in [0.25, 0.3) is 0 Å². The van der Waals surface area contributed by atoms with Crippen LogP contribution in [0.1, 0.15) is 26.2 Å². The van der Waals surface area contributed by atoms with Gasteiger partial charge in [0.2, 0.25) is 0 Å². The molecule has 5 heteroatoms. The van der Waals surface area contributed by atoms with Gasteiger partial charge in [0.05, 0.1) is 0 Å². The molecule has 2 unspecified atom stereocenters. The van der Waals surface area contributed by atoms with E-state index in [2.05, 4.69) is 0 Å². The quantitative estimate of drug-likeness (QED) is 0.744. The van der Waals surface area contributed by atoms with Crippen LogP contribution in [0.5, 0.6) is 0 Å². The number of carbonyl (C=O) groups is 1. The summed E-state index contributed by atoms with van der Waals surface area (Å²) in [6.07, 6.45) is 1.87. The first-order chi connectivity index (χ1) is 7.88. The van der Waals surface area contributed by atoms with Crippen LogP contribution < -0.4 is 5.73 Å². The van der Waals surface area contributed by atoms with E-state index in [0.717, 1.165) is 19.8 Å². The Morgan fingerprint density at radius 1 is 1.41 bits per heavy atom. The molecule has 0 radical (unpaired) electrons. The normalized spacial score (nSPS) is 44.4. The molecule has 3 nitrogen and oxygen atoms in total. The van der Waals surface area contributed by atoms with E-state index in [4.69, 9.17) is 15.6 Å². The van der Waals surface area contributed by atoms with Crippen molar-refractivity contribution in [3.63, 3.8) is 0 Å². The maximum Gasteiger partial charge on any atom is 0.300 e. The van der Waals surface area contributed by atoms with Gasteiger partial charge in [0.15, 0.2) is 0 Å². The smallest absolute Gasteiger partial charge is 0.300 e. The highest BCUT2D eigenvalue weighted by Crippen LogP contribution is 2.68. The lowest BCUT2D eigenvalue weighted by Gasteiger charge is -2.46. The Labute approximate surface area is 99.4 Å². The summed E-state index contributed by atoms with van der Waals surface area (Å²) in [5, 5.41) is 7.42. The van der Waals surface area contributed by atoms with Crippen molar-refractivity contribution in [1.29, 1.82) is 0 Å². The number of carboxylic acids is 1. The Kier molecular flexibility index (Phi) is 3.14. The third-order valence-electron chi connectivity index (χ3n) is 4.69. The van der Waals surface area contributed by atoms with Gasteiger partial charge < -0.3 is 10.8 Å². The molecule has 3 aliphatic rings. The molecule has 0 aromatic heterocycles. The van der Waals surface area contributed by atoms with Crippen molar-refractivity contribution in [2.75, 3.05) is 6.54 Å². The lowest BCUT2D eigenvalue weighted by molar-refractivity contribution is -0.134. The minimum absolute atomic E-state index is 0.126. The summed E-state index contributed by atoms with van der Waals surface area (Å²) in [6, 6.07) is 0. The number of alkyl halides is 2. The first-order valence-electron chi connectivity index (χ1n) is 6.16. The number of hydrogen-bond donors (Lipinski definition) is 2. The monoisotopic (exact) mass is 247 g/mol. The Morgan fingerprint density at radius 3 is 2.53 bits per heavy atom. The van der Waals surface area contributed by atoms with Gasteiger partial charge in [-0.3, -0.25) is 4.79 Å². The number of nitrogens with two attached hydrogens (primary N) is 1. The van der Waals surface area contributed by atoms with Crippen LogP contribution in [0.3, 0.4) is 0 Å². The van der Waals surface area contributed by atoms with E-state index in [1.165, 1.54) is 0 Å². The van der Waals surface area contributed by atoms with Crippen molar-refractivity contribution in [3.05, 3.63) is 0 Å². The van der Waals surface area contributed by atoms with E-state index in [-0.39, 0.29) is 18.3 Å². The highest BCUT2D eigenvalue weighted by molar-refractivity contribution is 5.62. The van der Waals surface area contributed by atoms with Crippen LogP contribution in [-0.4, -0.2) is 23.5 Å². The molecule has 3 fully saturated rings. The first kappa shape index (κ1) is 12.7. The lowest BCUT2D eigenvalue weighted by Crippen LogP contribution is -2.46. The van der Waals surface area contributed by atoms with Crippen LogP contribution in [0, 0.1) is 29.6 Å². The van der Waals surface area contributed by atoms with Gasteiger partial charge in [0, 0.05) is 19.3 Å². The molecule has 3 N–H and O–H groups in total. The predicted molar refractivity (Wildman–Crippen MR) is 58.6 cm³/mol. The summed E-state index contributed by atoms with van der Waals surface area (Å²) in [7, 11) is 0. The van der Waals surface area contributed by atoms with Crippen molar-refractivity contribution in [2.45, 2.75) is 32.1 Å². The van der Waals surface area contributed by atoms with Crippen LogP contribution in [-0.2, 0) is 4.79 Å². The fourth-order valence-electron chi connectivity index (χ4n) is 4.22. The summed E-state index contributed by atoms with van der Waals surface area (Å²) in [6.45, 7) is 1.70. The zero-order valence-corrected chi connectivity index (χ0v) is 9.90. The molecule has 0 aromatic carbocycles. The molecule has 3 saturated carbocycles. The zero-order chi connectivity index (χ0) is 12.8. The second-order valence-electron chi connectivity index (χ2n) is 5.47. The van der Waals surface area contributed by atoms with Crippen LogP contribution in [0.4, 0.5) is 8.78 Å². The minimum atomic E-state index is -2.37. The number of carboxylic acid groups (broad SMARTS) is 1. The predicted octanol–water partition coefficient (Wildman–Crippen LogP) is 1.96. The summed E-state index contributed by atoms with van der Waals surface area (Å²) in [4.78, 5) is 9.00. The maximum absolute atomic E-state index is 13.4. The first-order valence-corrected chi connectivity index (χ1v) is 6.16. The largest absolute Gasteiger partial charge is 0.481 e. The molecule has 0 saturated heterocycles. The third kappa shape index (κ3) is 1.94. The van der Waals surface area contributed by atoms with E-state index >= 15 is 0 Å². The molecule has 0 aliphatic heterocycles. The minimum Gasteiger partial charge on any atom is -0.481 e. The van der Waals surface area contributed by atoms with Gasteiger partial charge in [-0.25, -0.2) is 8.78 Å². The van der Waals surface area contributed by atoms with Gasteiger partial charge in [0.1, 0.15) is 0 Å². The van der Waals surface area contributed by atoms with Crippen molar-refractivity contribution in [1.82, 2.24) is 0 Å². The summed E-state index contributed by atoms with van der Waals surface area (Å²) >= 11 is 0. The second kappa shape index (κ2) is 4.19. The van der Waals surface area contributed by atoms with E-state index < -0.39 is 11.9 Å². The average molecular weight is 247 g/mol. The molecular weight excluding hydrogens is 228 g/mol. The van der Waals surface area contributed by atoms with Crippen molar-refractivity contribution >= 4 is 5.97 Å². The van der Waals surface area contributed by atoms with Gasteiger partial charge in [-0.15, -0.1) is 0 Å². The summed E-state index contributed by atoms with van der Waals surface area (Å²) in [5.41, 5.74) is 5.62. The molecule has 0 spiro atoms. The van der Waals surface area contributed by atoms with Gasteiger partial charge in [-0.05, 0) is 43.1 Å². The number of hydrogen-bond acceptors (Lipinski definition) is 2. The molecule has 3 aliphatic carbocycles. The van der Waals surface area contributed by atoms with E-state index in [1.54, 1.807) is 0 Å². The summed E-state index contributed by atoms with van der Waals surface area (Å²) in [5.74, 6) is -1.92. The van der Waals surface area contributed by atoms with Gasteiger partial charge in [-0.2, -0.15) is 0 Å². The SMILES string of the molecule is CC(=O)O.NCC1[C@H]2CC[C@@H]3C2[C@H]1CC3(F)F. The summed E-state index contributed by atoms with van der Waals surface area (Å²) < 4.78 is 26.9. The maximum atomic E-state index is 13.4. The molecule has 0 aromatic rings. The zero-order valence-electron chi connectivity index (χ0n) is 9.90. The standard InChI is InChI=1S/C10H15F2N.C2H4O2/c11-10(12)3-6-7(4-13)5-1-2-8(10)9(5)6;1-2(3)4/h5-9H,1-4,13H2;1H3,(H,3,4)/t5-,6+,7?,8-,9?;/m1./s1. The topological polar surface area (TPSA) is 63.3 Å². The molecule has 5 atom stereocenters. The molecule has 3 rings (SSSR count). The molecule has 0 heterocycles. The van der Waals surface area contributed by atoms with E-state index in [0.29, 0.717) is 24.3 Å². The molecule has 17 heavy (non-hydrogen) atoms. The number of rotatable bonds is 1. The Hall–Kier alpha value is -0.710. The van der Waals surface area contributed by atoms with Crippen LogP contribution >= 0.6 is 0 Å².